The second-order valence-electron chi connectivity index (χ2n) is 8.61. The van der Waals surface area contributed by atoms with E-state index in [0.717, 1.165) is 5.52 Å². The highest BCUT2D eigenvalue weighted by Crippen LogP contribution is 2.47. The van der Waals surface area contributed by atoms with Crippen LogP contribution in [0.15, 0.2) is 113 Å². The minimum Gasteiger partial charge on any atom is -0.256 e. The molecule has 0 radical (unpaired) electrons. The molecule has 33 heavy (non-hydrogen) atoms. The molecule has 0 bridgehead atoms. The molecule has 1 heterocycles. The summed E-state index contributed by atoms with van der Waals surface area (Å²) in [7, 11) is 0. The standard InChI is InChI=1S/C31H23NS/c1-20-16-21(2)18-23(17-20)33-31-25-13-7-6-12-24(25)29(22-10-4-3-5-11-22)27-19-32-28-15-9-8-14-26(28)30(27)31/h3-19H,1-2H3. The van der Waals surface area contributed by atoms with Crippen LogP contribution in [0.1, 0.15) is 11.1 Å². The zero-order valence-corrected chi connectivity index (χ0v) is 19.5. The first kappa shape index (κ1) is 20.0. The summed E-state index contributed by atoms with van der Waals surface area (Å²) >= 11 is 1.87. The van der Waals surface area contributed by atoms with Gasteiger partial charge in [0.15, 0.2) is 0 Å². The van der Waals surface area contributed by atoms with Crippen LogP contribution < -0.4 is 0 Å². The molecular weight excluding hydrogens is 418 g/mol. The van der Waals surface area contributed by atoms with Crippen LogP contribution in [0.25, 0.3) is 43.6 Å². The fraction of sp³-hybridized carbons (Fsp3) is 0.0645. The zero-order chi connectivity index (χ0) is 22.4. The highest BCUT2D eigenvalue weighted by atomic mass is 32.2. The van der Waals surface area contributed by atoms with Crippen LogP contribution in [0.4, 0.5) is 0 Å². The Morgan fingerprint density at radius 1 is 0.606 bits per heavy atom. The zero-order valence-electron chi connectivity index (χ0n) is 18.7. The number of aromatic nitrogens is 1. The summed E-state index contributed by atoms with van der Waals surface area (Å²) in [5.74, 6) is 0. The van der Waals surface area contributed by atoms with Crippen molar-refractivity contribution in [1.82, 2.24) is 4.98 Å². The largest absolute Gasteiger partial charge is 0.256 e. The van der Waals surface area contributed by atoms with Gasteiger partial charge in [-0.2, -0.15) is 0 Å². The molecule has 2 heteroatoms. The molecule has 5 aromatic carbocycles. The number of benzene rings is 5. The highest BCUT2D eigenvalue weighted by molar-refractivity contribution is 7.99. The quantitative estimate of drug-likeness (QED) is 0.201. The molecule has 1 nitrogen and oxygen atoms in total. The van der Waals surface area contributed by atoms with Crippen LogP contribution in [0, 0.1) is 13.8 Å². The lowest BCUT2D eigenvalue weighted by molar-refractivity contribution is 1.29. The number of hydrogen-bond donors (Lipinski definition) is 0. The number of rotatable bonds is 3. The van der Waals surface area contributed by atoms with Gasteiger partial charge in [-0.05, 0) is 65.1 Å². The number of para-hydroxylation sites is 1. The molecule has 0 amide bonds. The van der Waals surface area contributed by atoms with Crippen molar-refractivity contribution in [1.29, 1.82) is 0 Å². The average molecular weight is 442 g/mol. The summed E-state index contributed by atoms with van der Waals surface area (Å²) in [6, 6.07) is 34.8. The van der Waals surface area contributed by atoms with E-state index in [-0.39, 0.29) is 0 Å². The van der Waals surface area contributed by atoms with E-state index in [1.165, 1.54) is 59.0 Å². The maximum atomic E-state index is 4.87. The van der Waals surface area contributed by atoms with Crippen molar-refractivity contribution in [2.24, 2.45) is 0 Å². The predicted molar refractivity (Wildman–Crippen MR) is 142 cm³/mol. The number of hydrogen-bond acceptors (Lipinski definition) is 2. The van der Waals surface area contributed by atoms with Gasteiger partial charge in [0.2, 0.25) is 0 Å². The lowest BCUT2D eigenvalue weighted by Crippen LogP contribution is -1.92. The van der Waals surface area contributed by atoms with Crippen molar-refractivity contribution in [3.05, 3.63) is 114 Å². The summed E-state index contributed by atoms with van der Waals surface area (Å²) < 4.78 is 0. The van der Waals surface area contributed by atoms with E-state index in [1.807, 2.05) is 11.8 Å². The monoisotopic (exact) mass is 441 g/mol. The summed E-state index contributed by atoms with van der Waals surface area (Å²) in [5, 5.41) is 6.22. The Hall–Kier alpha value is -3.62. The minimum absolute atomic E-state index is 1.03. The molecule has 0 fully saturated rings. The van der Waals surface area contributed by atoms with Crippen molar-refractivity contribution in [3.8, 4) is 11.1 Å². The maximum Gasteiger partial charge on any atom is 0.0708 e. The molecule has 0 spiro atoms. The lowest BCUT2D eigenvalue weighted by Gasteiger charge is -2.18. The molecule has 0 aliphatic heterocycles. The number of nitrogens with zero attached hydrogens (tertiary/aromatic N) is 1. The molecule has 0 aliphatic carbocycles. The number of pyridine rings is 1. The fourth-order valence-corrected chi connectivity index (χ4v) is 6.22. The van der Waals surface area contributed by atoms with Crippen LogP contribution in [0.2, 0.25) is 0 Å². The second kappa shape index (κ2) is 8.06. The van der Waals surface area contributed by atoms with Gasteiger partial charge in [-0.15, -0.1) is 0 Å². The smallest absolute Gasteiger partial charge is 0.0708 e. The van der Waals surface area contributed by atoms with Crippen LogP contribution >= 0.6 is 11.8 Å². The van der Waals surface area contributed by atoms with Gasteiger partial charge in [-0.3, -0.25) is 4.98 Å². The first-order chi connectivity index (χ1) is 16.2. The van der Waals surface area contributed by atoms with Gasteiger partial charge >= 0.3 is 0 Å². The Kier molecular flexibility index (Phi) is 4.89. The van der Waals surface area contributed by atoms with Crippen LogP contribution in [-0.4, -0.2) is 4.98 Å². The Bertz CT molecular complexity index is 1630. The SMILES string of the molecule is Cc1cc(C)cc(Sc2c3ccccc3c(-c3ccccc3)c3cnc4ccccc4c23)c1. The van der Waals surface area contributed by atoms with E-state index < -0.39 is 0 Å². The molecule has 0 saturated carbocycles. The molecule has 158 valence electrons. The average Bonchev–Trinajstić information content (AvgIpc) is 2.83. The van der Waals surface area contributed by atoms with Crippen molar-refractivity contribution < 1.29 is 0 Å². The van der Waals surface area contributed by atoms with Crippen molar-refractivity contribution in [3.63, 3.8) is 0 Å². The van der Waals surface area contributed by atoms with Crippen molar-refractivity contribution in [2.45, 2.75) is 23.6 Å². The molecule has 1 aromatic heterocycles. The van der Waals surface area contributed by atoms with Gasteiger partial charge in [-0.1, -0.05) is 90.6 Å². The van der Waals surface area contributed by atoms with E-state index in [4.69, 9.17) is 4.98 Å². The topological polar surface area (TPSA) is 12.9 Å². The Morgan fingerprint density at radius 2 is 1.24 bits per heavy atom. The Morgan fingerprint density at radius 3 is 2.00 bits per heavy atom. The van der Waals surface area contributed by atoms with Crippen LogP contribution in [-0.2, 0) is 0 Å². The minimum atomic E-state index is 1.03. The van der Waals surface area contributed by atoms with E-state index in [9.17, 15) is 0 Å². The van der Waals surface area contributed by atoms with Gasteiger partial charge in [0, 0.05) is 32.1 Å². The molecule has 6 aromatic rings. The first-order valence-corrected chi connectivity index (χ1v) is 12.0. The normalized spacial score (nSPS) is 11.5. The number of aryl methyl sites for hydroxylation is 2. The van der Waals surface area contributed by atoms with Crippen molar-refractivity contribution >= 4 is 44.2 Å². The van der Waals surface area contributed by atoms with E-state index in [2.05, 4.69) is 117 Å². The van der Waals surface area contributed by atoms with Crippen LogP contribution in [0.5, 0.6) is 0 Å². The first-order valence-electron chi connectivity index (χ1n) is 11.2. The maximum absolute atomic E-state index is 4.87. The van der Waals surface area contributed by atoms with Gasteiger partial charge in [0.25, 0.3) is 0 Å². The Balaban J connectivity index is 1.79. The predicted octanol–water partition coefficient (Wildman–Crippen LogP) is 8.98. The third-order valence-corrected chi connectivity index (χ3v) is 7.29. The number of fused-ring (bicyclic) bond motifs is 4. The van der Waals surface area contributed by atoms with Gasteiger partial charge in [0.05, 0.1) is 5.52 Å². The summed E-state index contributed by atoms with van der Waals surface area (Å²) in [4.78, 5) is 7.44. The third-order valence-electron chi connectivity index (χ3n) is 6.19. The molecule has 0 aliphatic rings. The lowest BCUT2D eigenvalue weighted by atomic mass is 9.91. The Labute approximate surface area is 198 Å². The summed E-state index contributed by atoms with van der Waals surface area (Å²) in [5.41, 5.74) is 6.08. The van der Waals surface area contributed by atoms with Gasteiger partial charge < -0.3 is 0 Å². The fourth-order valence-electron chi connectivity index (χ4n) is 4.89. The van der Waals surface area contributed by atoms with Gasteiger partial charge in [0.1, 0.15) is 0 Å². The van der Waals surface area contributed by atoms with Crippen molar-refractivity contribution in [2.75, 3.05) is 0 Å². The molecule has 0 N–H and O–H groups in total. The van der Waals surface area contributed by atoms with Gasteiger partial charge in [-0.25, -0.2) is 0 Å². The molecule has 6 rings (SSSR count). The van der Waals surface area contributed by atoms with Crippen LogP contribution in [0.3, 0.4) is 0 Å². The summed E-state index contributed by atoms with van der Waals surface area (Å²) in [6.07, 6.45) is 2.07. The van der Waals surface area contributed by atoms with E-state index >= 15 is 0 Å². The highest BCUT2D eigenvalue weighted by Gasteiger charge is 2.18. The molecule has 0 saturated heterocycles. The summed E-state index contributed by atoms with van der Waals surface area (Å²) in [6.45, 7) is 4.34. The molecular formula is C31H23NS. The molecule has 0 unspecified atom stereocenters. The molecule has 0 atom stereocenters. The van der Waals surface area contributed by atoms with E-state index in [1.54, 1.807) is 0 Å². The third kappa shape index (κ3) is 3.48. The second-order valence-corrected chi connectivity index (χ2v) is 9.69. The van der Waals surface area contributed by atoms with E-state index in [0.29, 0.717) is 0 Å².